The molecule has 1 aromatic carbocycles. The van der Waals surface area contributed by atoms with E-state index in [2.05, 4.69) is 43.2 Å². The van der Waals surface area contributed by atoms with Crippen molar-refractivity contribution in [2.24, 2.45) is 0 Å². The molecule has 0 bridgehead atoms. The van der Waals surface area contributed by atoms with Gasteiger partial charge in [-0.3, -0.25) is 4.68 Å². The van der Waals surface area contributed by atoms with Gasteiger partial charge in [-0.2, -0.15) is 5.10 Å². The molecule has 2 aromatic rings. The Hall–Kier alpha value is -1.61. The van der Waals surface area contributed by atoms with Gasteiger partial charge in [0.05, 0.1) is 24.5 Å². The van der Waals surface area contributed by atoms with Crippen LogP contribution in [0.3, 0.4) is 0 Å². The fraction of sp³-hybridized carbons (Fsp3) is 0.400. The first kappa shape index (κ1) is 12.8. The number of aliphatic hydroxyl groups is 1. The van der Waals surface area contributed by atoms with Crippen molar-refractivity contribution < 1.29 is 5.11 Å². The van der Waals surface area contributed by atoms with Crippen molar-refractivity contribution in [2.45, 2.75) is 39.8 Å². The first-order valence-corrected chi connectivity index (χ1v) is 6.51. The Balaban J connectivity index is 2.18. The summed E-state index contributed by atoms with van der Waals surface area (Å²) in [6.45, 7) is 4.99. The maximum Gasteiger partial charge on any atom is 0.0850 e. The van der Waals surface area contributed by atoms with E-state index in [1.807, 2.05) is 10.7 Å². The van der Waals surface area contributed by atoms with Gasteiger partial charge in [0.25, 0.3) is 0 Å². The third kappa shape index (κ3) is 2.79. The van der Waals surface area contributed by atoms with Crippen LogP contribution in [0.1, 0.15) is 36.4 Å². The SMILES string of the molecule is CCc1ccc(Cn2nc(CC)cc2CO)cc1. The second-order valence-corrected chi connectivity index (χ2v) is 4.47. The Morgan fingerprint density at radius 1 is 1.06 bits per heavy atom. The van der Waals surface area contributed by atoms with E-state index in [0.29, 0.717) is 0 Å². The van der Waals surface area contributed by atoms with Crippen molar-refractivity contribution in [3.05, 3.63) is 52.8 Å². The highest BCUT2D eigenvalue weighted by atomic mass is 16.3. The molecule has 96 valence electrons. The lowest BCUT2D eigenvalue weighted by Gasteiger charge is -2.06. The van der Waals surface area contributed by atoms with Crippen molar-refractivity contribution in [1.82, 2.24) is 9.78 Å². The smallest absolute Gasteiger partial charge is 0.0850 e. The molecule has 1 heterocycles. The molecular formula is C15H20N2O. The Bertz CT molecular complexity index is 500. The summed E-state index contributed by atoms with van der Waals surface area (Å²) in [4.78, 5) is 0. The van der Waals surface area contributed by atoms with Crippen molar-refractivity contribution >= 4 is 0 Å². The monoisotopic (exact) mass is 244 g/mol. The van der Waals surface area contributed by atoms with E-state index >= 15 is 0 Å². The fourth-order valence-corrected chi connectivity index (χ4v) is 2.01. The molecule has 1 aromatic heterocycles. The van der Waals surface area contributed by atoms with Crippen LogP contribution in [-0.2, 0) is 26.0 Å². The van der Waals surface area contributed by atoms with Gasteiger partial charge in [0.1, 0.15) is 0 Å². The van der Waals surface area contributed by atoms with E-state index in [1.54, 1.807) is 0 Å². The summed E-state index contributed by atoms with van der Waals surface area (Å²) in [5.74, 6) is 0. The fourth-order valence-electron chi connectivity index (χ4n) is 2.01. The van der Waals surface area contributed by atoms with Crippen molar-refractivity contribution in [2.75, 3.05) is 0 Å². The first-order valence-electron chi connectivity index (χ1n) is 6.51. The molecule has 1 N–H and O–H groups in total. The lowest BCUT2D eigenvalue weighted by atomic mass is 10.1. The lowest BCUT2D eigenvalue weighted by molar-refractivity contribution is 0.269. The summed E-state index contributed by atoms with van der Waals surface area (Å²) in [7, 11) is 0. The van der Waals surface area contributed by atoms with Crippen LogP contribution >= 0.6 is 0 Å². The van der Waals surface area contributed by atoms with Gasteiger partial charge >= 0.3 is 0 Å². The molecule has 0 aliphatic rings. The van der Waals surface area contributed by atoms with Gasteiger partial charge < -0.3 is 5.11 Å². The standard InChI is InChI=1S/C15H20N2O/c1-3-12-5-7-13(8-6-12)10-17-15(11-18)9-14(4-2)16-17/h5-9,18H,3-4,10-11H2,1-2H3. The second-order valence-electron chi connectivity index (χ2n) is 4.47. The minimum absolute atomic E-state index is 0.0417. The average molecular weight is 244 g/mol. The van der Waals surface area contributed by atoms with Crippen molar-refractivity contribution in [3.8, 4) is 0 Å². The normalized spacial score (nSPS) is 10.8. The van der Waals surface area contributed by atoms with Crippen LogP contribution < -0.4 is 0 Å². The van der Waals surface area contributed by atoms with Gasteiger partial charge in [0.15, 0.2) is 0 Å². The summed E-state index contributed by atoms with van der Waals surface area (Å²) in [5.41, 5.74) is 4.47. The van der Waals surface area contributed by atoms with E-state index in [-0.39, 0.29) is 6.61 Å². The third-order valence-electron chi connectivity index (χ3n) is 3.20. The maximum absolute atomic E-state index is 9.33. The maximum atomic E-state index is 9.33. The number of aromatic nitrogens is 2. The van der Waals surface area contributed by atoms with E-state index in [4.69, 9.17) is 0 Å². The van der Waals surface area contributed by atoms with Gasteiger partial charge in [-0.1, -0.05) is 38.1 Å². The van der Waals surface area contributed by atoms with E-state index < -0.39 is 0 Å². The van der Waals surface area contributed by atoms with Crippen LogP contribution in [0, 0.1) is 0 Å². The van der Waals surface area contributed by atoms with Crippen LogP contribution in [-0.4, -0.2) is 14.9 Å². The van der Waals surface area contributed by atoms with Crippen LogP contribution in [0.4, 0.5) is 0 Å². The quantitative estimate of drug-likeness (QED) is 0.877. The Morgan fingerprint density at radius 3 is 2.28 bits per heavy atom. The first-order chi connectivity index (χ1) is 8.76. The highest BCUT2D eigenvalue weighted by Gasteiger charge is 2.06. The van der Waals surface area contributed by atoms with Gasteiger partial charge in [-0.25, -0.2) is 0 Å². The number of nitrogens with zero attached hydrogens (tertiary/aromatic N) is 2. The minimum atomic E-state index is 0.0417. The molecule has 18 heavy (non-hydrogen) atoms. The number of aryl methyl sites for hydroxylation is 2. The minimum Gasteiger partial charge on any atom is -0.390 e. The van der Waals surface area contributed by atoms with E-state index in [0.717, 1.165) is 30.8 Å². The molecule has 0 saturated carbocycles. The molecule has 0 aliphatic carbocycles. The van der Waals surface area contributed by atoms with E-state index in [9.17, 15) is 5.11 Å². The van der Waals surface area contributed by atoms with Gasteiger partial charge in [0, 0.05) is 0 Å². The summed E-state index contributed by atoms with van der Waals surface area (Å²) in [5, 5.41) is 13.8. The largest absolute Gasteiger partial charge is 0.390 e. The Labute approximate surface area is 108 Å². The van der Waals surface area contributed by atoms with Gasteiger partial charge in [-0.15, -0.1) is 0 Å². The molecule has 0 spiro atoms. The molecule has 0 aliphatic heterocycles. The highest BCUT2D eigenvalue weighted by Crippen LogP contribution is 2.11. The van der Waals surface area contributed by atoms with Crippen LogP contribution in [0.15, 0.2) is 30.3 Å². The zero-order chi connectivity index (χ0) is 13.0. The molecule has 0 amide bonds. The number of benzene rings is 1. The Kier molecular flexibility index (Phi) is 4.15. The summed E-state index contributed by atoms with van der Waals surface area (Å²) in [6.07, 6.45) is 1.96. The molecule has 0 atom stereocenters. The molecule has 0 radical (unpaired) electrons. The number of hydrogen-bond acceptors (Lipinski definition) is 2. The molecular weight excluding hydrogens is 224 g/mol. The lowest BCUT2D eigenvalue weighted by Crippen LogP contribution is -2.06. The number of hydrogen-bond donors (Lipinski definition) is 1. The second kappa shape index (κ2) is 5.83. The van der Waals surface area contributed by atoms with E-state index in [1.165, 1.54) is 11.1 Å². The number of aliphatic hydroxyl groups excluding tert-OH is 1. The molecule has 0 saturated heterocycles. The van der Waals surface area contributed by atoms with Crippen LogP contribution in [0.5, 0.6) is 0 Å². The Morgan fingerprint density at radius 2 is 1.72 bits per heavy atom. The van der Waals surface area contributed by atoms with Crippen molar-refractivity contribution in [1.29, 1.82) is 0 Å². The summed E-state index contributed by atoms with van der Waals surface area (Å²) in [6, 6.07) is 10.5. The average Bonchev–Trinajstić information content (AvgIpc) is 2.82. The predicted octanol–water partition coefficient (Wildman–Crippen LogP) is 2.55. The van der Waals surface area contributed by atoms with Crippen LogP contribution in [0.2, 0.25) is 0 Å². The highest BCUT2D eigenvalue weighted by molar-refractivity contribution is 5.23. The number of rotatable bonds is 5. The summed E-state index contributed by atoms with van der Waals surface area (Å²) >= 11 is 0. The zero-order valence-electron chi connectivity index (χ0n) is 11.1. The molecule has 0 fully saturated rings. The molecule has 3 nitrogen and oxygen atoms in total. The van der Waals surface area contributed by atoms with Crippen LogP contribution in [0.25, 0.3) is 0 Å². The topological polar surface area (TPSA) is 38.0 Å². The predicted molar refractivity (Wildman–Crippen MR) is 72.4 cm³/mol. The molecule has 0 unspecified atom stereocenters. The zero-order valence-corrected chi connectivity index (χ0v) is 11.1. The summed E-state index contributed by atoms with van der Waals surface area (Å²) < 4.78 is 1.89. The molecule has 3 heteroatoms. The molecule has 2 rings (SSSR count). The van der Waals surface area contributed by atoms with Crippen molar-refractivity contribution in [3.63, 3.8) is 0 Å². The van der Waals surface area contributed by atoms with Gasteiger partial charge in [0.2, 0.25) is 0 Å². The van der Waals surface area contributed by atoms with Gasteiger partial charge in [-0.05, 0) is 30.0 Å². The third-order valence-corrected chi connectivity index (χ3v) is 3.20.